The first-order valence-corrected chi connectivity index (χ1v) is 7.58. The molecule has 1 aromatic heterocycles. The molecular weight excluding hydrogens is 366 g/mol. The molecule has 10 heteroatoms. The number of ether oxygens (including phenoxy) is 1. The van der Waals surface area contributed by atoms with E-state index in [1.54, 1.807) is 24.3 Å². The Morgan fingerprint density at radius 1 is 1.08 bits per heavy atom. The lowest BCUT2D eigenvalue weighted by atomic mass is 10.1. The molecule has 0 aliphatic carbocycles. The SMILES string of the molecule is O=[N+]([O-])c1cc(-c2nc(COc3ccccc3Cl)co2)cc([N+](=O)[O-])c1. The lowest BCUT2D eigenvalue weighted by molar-refractivity contribution is -0.394. The van der Waals surface area contributed by atoms with Crippen LogP contribution in [0.3, 0.4) is 0 Å². The molecule has 26 heavy (non-hydrogen) atoms. The lowest BCUT2D eigenvalue weighted by Crippen LogP contribution is -1.96. The molecule has 0 fully saturated rings. The summed E-state index contributed by atoms with van der Waals surface area (Å²) in [6.07, 6.45) is 1.30. The van der Waals surface area contributed by atoms with Crippen molar-refractivity contribution in [3.63, 3.8) is 0 Å². The van der Waals surface area contributed by atoms with E-state index in [1.165, 1.54) is 6.26 Å². The van der Waals surface area contributed by atoms with Crippen LogP contribution >= 0.6 is 11.6 Å². The van der Waals surface area contributed by atoms with Crippen LogP contribution in [0, 0.1) is 20.2 Å². The first kappa shape index (κ1) is 17.4. The molecule has 0 saturated heterocycles. The fourth-order valence-electron chi connectivity index (χ4n) is 2.15. The van der Waals surface area contributed by atoms with Gasteiger partial charge in [-0.05, 0) is 12.1 Å². The molecule has 0 atom stereocenters. The van der Waals surface area contributed by atoms with Crippen LogP contribution in [0.5, 0.6) is 5.75 Å². The molecule has 0 saturated carbocycles. The standard InChI is InChI=1S/C16H10ClN3O6/c17-14-3-1-2-4-15(14)25-8-11-9-26-16(18-11)10-5-12(19(21)22)7-13(6-10)20(23)24/h1-7,9H,8H2. The van der Waals surface area contributed by atoms with E-state index in [0.29, 0.717) is 16.5 Å². The molecule has 0 bridgehead atoms. The van der Waals surface area contributed by atoms with Gasteiger partial charge < -0.3 is 9.15 Å². The minimum atomic E-state index is -0.721. The van der Waals surface area contributed by atoms with Crippen LogP contribution in [0.2, 0.25) is 5.02 Å². The van der Waals surface area contributed by atoms with Gasteiger partial charge in [-0.25, -0.2) is 4.98 Å². The summed E-state index contributed by atoms with van der Waals surface area (Å²) in [6.45, 7) is 0.0459. The van der Waals surface area contributed by atoms with Gasteiger partial charge in [0, 0.05) is 12.1 Å². The van der Waals surface area contributed by atoms with Crippen molar-refractivity contribution < 1.29 is 19.0 Å². The third-order valence-corrected chi connectivity index (χ3v) is 3.65. The molecule has 0 unspecified atom stereocenters. The van der Waals surface area contributed by atoms with Gasteiger partial charge in [0.25, 0.3) is 11.4 Å². The average molecular weight is 376 g/mol. The van der Waals surface area contributed by atoms with E-state index in [-0.39, 0.29) is 18.1 Å². The number of oxazole rings is 1. The van der Waals surface area contributed by atoms with Gasteiger partial charge in [-0.15, -0.1) is 0 Å². The Morgan fingerprint density at radius 3 is 2.35 bits per heavy atom. The quantitative estimate of drug-likeness (QED) is 0.462. The summed E-state index contributed by atoms with van der Waals surface area (Å²) < 4.78 is 10.8. The van der Waals surface area contributed by atoms with E-state index >= 15 is 0 Å². The fourth-order valence-corrected chi connectivity index (χ4v) is 2.34. The molecule has 2 aromatic carbocycles. The Labute approximate surface area is 151 Å². The number of non-ortho nitro benzene ring substituents is 2. The van der Waals surface area contributed by atoms with Crippen molar-refractivity contribution in [3.8, 4) is 17.2 Å². The van der Waals surface area contributed by atoms with Crippen molar-refractivity contribution in [1.29, 1.82) is 0 Å². The van der Waals surface area contributed by atoms with Gasteiger partial charge in [-0.2, -0.15) is 0 Å². The zero-order valence-electron chi connectivity index (χ0n) is 13.0. The van der Waals surface area contributed by atoms with Crippen molar-refractivity contribution in [2.75, 3.05) is 0 Å². The summed E-state index contributed by atoms with van der Waals surface area (Å²) in [4.78, 5) is 24.6. The van der Waals surface area contributed by atoms with Gasteiger partial charge in [-0.1, -0.05) is 23.7 Å². The summed E-state index contributed by atoms with van der Waals surface area (Å²) in [5, 5.41) is 22.3. The Hall–Kier alpha value is -3.46. The van der Waals surface area contributed by atoms with E-state index < -0.39 is 21.2 Å². The van der Waals surface area contributed by atoms with Crippen molar-refractivity contribution in [2.24, 2.45) is 0 Å². The highest BCUT2D eigenvalue weighted by Crippen LogP contribution is 2.30. The molecule has 9 nitrogen and oxygen atoms in total. The molecule has 3 rings (SSSR count). The van der Waals surface area contributed by atoms with Gasteiger partial charge in [-0.3, -0.25) is 20.2 Å². The number of hydrogen-bond acceptors (Lipinski definition) is 7. The van der Waals surface area contributed by atoms with Gasteiger partial charge >= 0.3 is 0 Å². The van der Waals surface area contributed by atoms with Crippen molar-refractivity contribution in [2.45, 2.75) is 6.61 Å². The van der Waals surface area contributed by atoms with Gasteiger partial charge in [0.1, 0.15) is 24.3 Å². The summed E-state index contributed by atoms with van der Waals surface area (Å²) >= 11 is 5.99. The highest BCUT2D eigenvalue weighted by molar-refractivity contribution is 6.32. The third-order valence-electron chi connectivity index (χ3n) is 3.34. The Kier molecular flexibility index (Phi) is 4.81. The van der Waals surface area contributed by atoms with Gasteiger partial charge in [0.15, 0.2) is 0 Å². The molecule has 132 valence electrons. The Morgan fingerprint density at radius 2 is 1.73 bits per heavy atom. The second-order valence-electron chi connectivity index (χ2n) is 5.12. The molecule has 0 N–H and O–H groups in total. The summed E-state index contributed by atoms with van der Waals surface area (Å²) in [7, 11) is 0. The maximum Gasteiger partial charge on any atom is 0.277 e. The lowest BCUT2D eigenvalue weighted by Gasteiger charge is -2.04. The molecule has 0 spiro atoms. The number of rotatable bonds is 6. The van der Waals surface area contributed by atoms with Crippen molar-refractivity contribution in [1.82, 2.24) is 4.98 Å². The average Bonchev–Trinajstić information content (AvgIpc) is 3.09. The summed E-state index contributed by atoms with van der Waals surface area (Å²) in [5.74, 6) is 0.472. The number of para-hydroxylation sites is 1. The van der Waals surface area contributed by atoms with Crippen LogP contribution in [0.15, 0.2) is 53.1 Å². The summed E-state index contributed by atoms with van der Waals surface area (Å²) in [6, 6.07) is 10.1. The predicted molar refractivity (Wildman–Crippen MR) is 91.0 cm³/mol. The number of nitro groups is 2. The number of benzene rings is 2. The van der Waals surface area contributed by atoms with Crippen LogP contribution in [0.4, 0.5) is 11.4 Å². The third kappa shape index (κ3) is 3.78. The number of aromatic nitrogens is 1. The fraction of sp³-hybridized carbons (Fsp3) is 0.0625. The van der Waals surface area contributed by atoms with Crippen molar-refractivity contribution >= 4 is 23.0 Å². The monoisotopic (exact) mass is 375 g/mol. The number of hydrogen-bond donors (Lipinski definition) is 0. The van der Waals surface area contributed by atoms with E-state index in [4.69, 9.17) is 20.8 Å². The highest BCUT2D eigenvalue weighted by Gasteiger charge is 2.19. The Bertz CT molecular complexity index is 955. The maximum atomic E-state index is 11.0. The number of nitrogens with zero attached hydrogens (tertiary/aromatic N) is 3. The van der Waals surface area contributed by atoms with Crippen LogP contribution < -0.4 is 4.74 Å². The van der Waals surface area contributed by atoms with Crippen LogP contribution in [0.25, 0.3) is 11.5 Å². The van der Waals surface area contributed by atoms with E-state index in [1.807, 2.05) is 0 Å². The van der Waals surface area contributed by atoms with Gasteiger partial charge in [0.2, 0.25) is 5.89 Å². The normalized spacial score (nSPS) is 10.5. The minimum absolute atomic E-state index is 0.00885. The highest BCUT2D eigenvalue weighted by atomic mass is 35.5. The zero-order chi connectivity index (χ0) is 18.7. The molecule has 0 amide bonds. The molecular formula is C16H10ClN3O6. The van der Waals surface area contributed by atoms with Crippen LogP contribution in [-0.4, -0.2) is 14.8 Å². The largest absolute Gasteiger partial charge is 0.486 e. The molecule has 0 aliphatic rings. The van der Waals surface area contributed by atoms with Crippen molar-refractivity contribution in [3.05, 3.63) is 79.7 Å². The number of halogens is 1. The second kappa shape index (κ2) is 7.19. The van der Waals surface area contributed by atoms with E-state index in [9.17, 15) is 20.2 Å². The second-order valence-corrected chi connectivity index (χ2v) is 5.52. The summed E-state index contributed by atoms with van der Waals surface area (Å²) in [5.41, 5.74) is -0.341. The first-order valence-electron chi connectivity index (χ1n) is 7.20. The van der Waals surface area contributed by atoms with Crippen LogP contribution in [-0.2, 0) is 6.61 Å². The smallest absolute Gasteiger partial charge is 0.277 e. The van der Waals surface area contributed by atoms with Gasteiger partial charge in [0.05, 0.1) is 26.5 Å². The van der Waals surface area contributed by atoms with E-state index in [2.05, 4.69) is 4.98 Å². The molecule has 3 aromatic rings. The maximum absolute atomic E-state index is 11.0. The Balaban J connectivity index is 1.84. The first-order chi connectivity index (χ1) is 12.4. The molecule has 0 aliphatic heterocycles. The minimum Gasteiger partial charge on any atom is -0.486 e. The topological polar surface area (TPSA) is 122 Å². The predicted octanol–water partition coefficient (Wildman–Crippen LogP) is 4.39. The zero-order valence-corrected chi connectivity index (χ0v) is 13.8. The molecule has 0 radical (unpaired) electrons. The molecule has 1 heterocycles. The number of nitro benzene ring substituents is 2. The van der Waals surface area contributed by atoms with Crippen LogP contribution in [0.1, 0.15) is 5.69 Å². The van der Waals surface area contributed by atoms with E-state index in [0.717, 1.165) is 18.2 Å².